The van der Waals surface area contributed by atoms with E-state index in [9.17, 15) is 0 Å². The molecule has 1 saturated heterocycles. The quantitative estimate of drug-likeness (QED) is 0.849. The summed E-state index contributed by atoms with van der Waals surface area (Å²) in [4.78, 5) is 22.0. The van der Waals surface area contributed by atoms with Crippen molar-refractivity contribution in [3.8, 4) is 5.88 Å². The van der Waals surface area contributed by atoms with Crippen LogP contribution in [0.15, 0.2) is 24.8 Å². The van der Waals surface area contributed by atoms with Crippen LogP contribution in [0.5, 0.6) is 5.88 Å². The largest absolute Gasteiger partial charge is 0.481 e. The molecule has 3 heterocycles. The van der Waals surface area contributed by atoms with Gasteiger partial charge in [-0.2, -0.15) is 0 Å². The summed E-state index contributed by atoms with van der Waals surface area (Å²) in [5.41, 5.74) is 1.20. The molecule has 0 radical (unpaired) electrons. The Morgan fingerprint density at radius 1 is 0.875 bits per heavy atom. The summed E-state index contributed by atoms with van der Waals surface area (Å²) in [5.74, 6) is 3.20. The number of methoxy groups -OCH3 is 1. The number of hydrogen-bond acceptors (Lipinski definition) is 7. The van der Waals surface area contributed by atoms with Crippen molar-refractivity contribution in [1.82, 2.24) is 19.9 Å². The van der Waals surface area contributed by atoms with Gasteiger partial charge < -0.3 is 14.5 Å². The van der Waals surface area contributed by atoms with E-state index in [1.54, 1.807) is 19.8 Å². The summed E-state index contributed by atoms with van der Waals surface area (Å²) in [6.07, 6.45) is 7.12. The highest BCUT2D eigenvalue weighted by molar-refractivity contribution is 5.46. The number of ether oxygens (including phenoxy) is 1. The van der Waals surface area contributed by atoms with Gasteiger partial charge in [0.15, 0.2) is 0 Å². The maximum absolute atomic E-state index is 5.18. The molecule has 7 nitrogen and oxygen atoms in total. The monoisotopic (exact) mass is 326 g/mol. The van der Waals surface area contributed by atoms with Gasteiger partial charge in [0.05, 0.1) is 7.11 Å². The average Bonchev–Trinajstić information content (AvgIpc) is 2.61. The van der Waals surface area contributed by atoms with Gasteiger partial charge in [0, 0.05) is 49.9 Å². The van der Waals surface area contributed by atoms with Crippen LogP contribution < -0.4 is 14.5 Å². The van der Waals surface area contributed by atoms with Crippen molar-refractivity contribution in [3.05, 3.63) is 30.5 Å². The van der Waals surface area contributed by atoms with Gasteiger partial charge in [-0.3, -0.25) is 0 Å². The zero-order valence-corrected chi connectivity index (χ0v) is 13.9. The molecule has 1 aliphatic carbocycles. The van der Waals surface area contributed by atoms with Crippen molar-refractivity contribution in [2.45, 2.75) is 25.2 Å². The molecule has 126 valence electrons. The maximum Gasteiger partial charge on any atom is 0.218 e. The van der Waals surface area contributed by atoms with Gasteiger partial charge in [-0.05, 0) is 12.8 Å². The third-order valence-electron chi connectivity index (χ3n) is 4.96. The summed E-state index contributed by atoms with van der Waals surface area (Å²) in [7, 11) is 1.62. The Morgan fingerprint density at radius 2 is 1.50 bits per heavy atom. The number of nitrogens with zero attached hydrogens (tertiary/aromatic N) is 6. The van der Waals surface area contributed by atoms with Crippen molar-refractivity contribution in [1.29, 1.82) is 0 Å². The highest BCUT2D eigenvalue weighted by Crippen LogP contribution is 2.35. The molecule has 0 unspecified atom stereocenters. The summed E-state index contributed by atoms with van der Waals surface area (Å²) in [6.45, 7) is 3.66. The Balaban J connectivity index is 1.42. The fourth-order valence-corrected chi connectivity index (χ4v) is 3.24. The van der Waals surface area contributed by atoms with Crippen LogP contribution in [0.4, 0.5) is 11.6 Å². The summed E-state index contributed by atoms with van der Waals surface area (Å²) in [5, 5.41) is 0. The lowest BCUT2D eigenvalue weighted by Crippen LogP contribution is -2.47. The first kappa shape index (κ1) is 15.1. The van der Waals surface area contributed by atoms with Crippen LogP contribution in [0.2, 0.25) is 0 Å². The molecule has 2 aliphatic rings. The second-order valence-corrected chi connectivity index (χ2v) is 6.32. The van der Waals surface area contributed by atoms with Gasteiger partial charge in [-0.25, -0.2) is 19.9 Å². The number of aromatic nitrogens is 4. The summed E-state index contributed by atoms with van der Waals surface area (Å²) in [6, 6.07) is 4.06. The molecular weight excluding hydrogens is 304 g/mol. The van der Waals surface area contributed by atoms with Crippen LogP contribution in [0, 0.1) is 0 Å². The molecular formula is C17H22N6O. The Morgan fingerprint density at radius 3 is 2.08 bits per heavy atom. The standard InChI is InChI=1S/C17H22N6O/c1-24-17-10-16(20-12-21-17)23-7-5-22(6-8-23)15-9-14(18-11-19-15)13-3-2-4-13/h9-13H,2-8H2,1H3. The van der Waals surface area contributed by atoms with Crippen molar-refractivity contribution in [3.63, 3.8) is 0 Å². The fraction of sp³-hybridized carbons (Fsp3) is 0.529. The molecule has 4 rings (SSSR count). The Bertz CT molecular complexity index is 697. The Labute approximate surface area is 141 Å². The van der Waals surface area contributed by atoms with Crippen LogP contribution in [-0.2, 0) is 0 Å². The minimum atomic E-state index is 0.600. The van der Waals surface area contributed by atoms with Crippen LogP contribution >= 0.6 is 0 Å². The molecule has 0 aromatic carbocycles. The predicted molar refractivity (Wildman–Crippen MR) is 91.6 cm³/mol. The number of hydrogen-bond donors (Lipinski definition) is 0. The van der Waals surface area contributed by atoms with Crippen LogP contribution in [0.1, 0.15) is 30.9 Å². The molecule has 0 spiro atoms. The molecule has 0 N–H and O–H groups in total. The van der Waals surface area contributed by atoms with E-state index in [2.05, 4.69) is 35.8 Å². The molecule has 0 amide bonds. The summed E-state index contributed by atoms with van der Waals surface area (Å²) >= 11 is 0. The van der Waals surface area contributed by atoms with Crippen molar-refractivity contribution >= 4 is 11.6 Å². The Kier molecular flexibility index (Phi) is 4.15. The number of piperazine rings is 1. The van der Waals surface area contributed by atoms with Crippen molar-refractivity contribution in [2.75, 3.05) is 43.1 Å². The van der Waals surface area contributed by atoms with Gasteiger partial charge in [0.25, 0.3) is 0 Å². The third-order valence-corrected chi connectivity index (χ3v) is 4.96. The van der Waals surface area contributed by atoms with Gasteiger partial charge in [0.2, 0.25) is 5.88 Å². The molecule has 0 bridgehead atoms. The first-order chi connectivity index (χ1) is 11.8. The van der Waals surface area contributed by atoms with E-state index in [-0.39, 0.29) is 0 Å². The minimum Gasteiger partial charge on any atom is -0.481 e. The van der Waals surface area contributed by atoms with E-state index < -0.39 is 0 Å². The topological polar surface area (TPSA) is 67.3 Å². The molecule has 7 heteroatoms. The van der Waals surface area contributed by atoms with E-state index in [0.29, 0.717) is 11.8 Å². The van der Waals surface area contributed by atoms with Crippen molar-refractivity contribution < 1.29 is 4.74 Å². The third kappa shape index (κ3) is 2.98. The zero-order valence-electron chi connectivity index (χ0n) is 13.9. The summed E-state index contributed by atoms with van der Waals surface area (Å²) < 4.78 is 5.18. The molecule has 2 fully saturated rings. The first-order valence-electron chi connectivity index (χ1n) is 8.51. The van der Waals surface area contributed by atoms with E-state index in [4.69, 9.17) is 4.74 Å². The molecule has 2 aromatic rings. The lowest BCUT2D eigenvalue weighted by atomic mass is 9.83. The molecule has 24 heavy (non-hydrogen) atoms. The molecule has 2 aromatic heterocycles. The molecule has 0 atom stereocenters. The zero-order chi connectivity index (χ0) is 16.4. The fourth-order valence-electron chi connectivity index (χ4n) is 3.24. The van der Waals surface area contributed by atoms with E-state index in [1.807, 2.05) is 6.07 Å². The predicted octanol–water partition coefficient (Wildman–Crippen LogP) is 1.87. The van der Waals surface area contributed by atoms with Crippen LogP contribution in [0.25, 0.3) is 0 Å². The average molecular weight is 326 g/mol. The first-order valence-corrected chi connectivity index (χ1v) is 8.51. The molecule has 1 saturated carbocycles. The maximum atomic E-state index is 5.18. The normalized spacial score (nSPS) is 18.4. The van der Waals surface area contributed by atoms with Crippen LogP contribution in [-0.4, -0.2) is 53.2 Å². The van der Waals surface area contributed by atoms with Crippen LogP contribution in [0.3, 0.4) is 0 Å². The smallest absolute Gasteiger partial charge is 0.218 e. The number of anilines is 2. The second kappa shape index (κ2) is 6.59. The lowest BCUT2D eigenvalue weighted by Gasteiger charge is -2.36. The van der Waals surface area contributed by atoms with Gasteiger partial charge in [0.1, 0.15) is 24.3 Å². The minimum absolute atomic E-state index is 0.600. The van der Waals surface area contributed by atoms with Gasteiger partial charge in [-0.15, -0.1) is 0 Å². The van der Waals surface area contributed by atoms with Gasteiger partial charge in [-0.1, -0.05) is 6.42 Å². The van der Waals surface area contributed by atoms with E-state index >= 15 is 0 Å². The van der Waals surface area contributed by atoms with E-state index in [0.717, 1.165) is 37.8 Å². The number of rotatable bonds is 4. The SMILES string of the molecule is COc1cc(N2CCN(c3cc(C4CCC4)ncn3)CC2)ncn1. The van der Waals surface area contributed by atoms with E-state index in [1.165, 1.54) is 25.0 Å². The lowest BCUT2D eigenvalue weighted by molar-refractivity contribution is 0.396. The highest BCUT2D eigenvalue weighted by atomic mass is 16.5. The molecule has 1 aliphatic heterocycles. The van der Waals surface area contributed by atoms with Gasteiger partial charge >= 0.3 is 0 Å². The highest BCUT2D eigenvalue weighted by Gasteiger charge is 2.24. The van der Waals surface area contributed by atoms with Crippen molar-refractivity contribution in [2.24, 2.45) is 0 Å². The second-order valence-electron chi connectivity index (χ2n) is 6.32. The Hall–Kier alpha value is -2.44.